The average Bonchev–Trinajstić information content (AvgIpc) is 2.91. The summed E-state index contributed by atoms with van der Waals surface area (Å²) in [7, 11) is 0.997. The molecule has 0 spiro atoms. The minimum atomic E-state index is -0.457. The lowest BCUT2D eigenvalue weighted by atomic mass is 9.77. The van der Waals surface area contributed by atoms with Gasteiger partial charge in [0.1, 0.15) is 0 Å². The summed E-state index contributed by atoms with van der Waals surface area (Å²) in [6.07, 6.45) is 0. The summed E-state index contributed by atoms with van der Waals surface area (Å²) in [4.78, 5) is 0. The first kappa shape index (κ1) is 18.9. The number of hydrogen-bond acceptors (Lipinski definition) is 4. The molecule has 1 aromatic heterocycles. The summed E-state index contributed by atoms with van der Waals surface area (Å²) in [5.74, 6) is -0.141. The third-order valence-electron chi connectivity index (χ3n) is 5.47. The van der Waals surface area contributed by atoms with Gasteiger partial charge in [0.05, 0.1) is 30.6 Å². The first-order valence-electron chi connectivity index (χ1n) is 8.77. The number of rotatable bonds is 4. The molecule has 5 nitrogen and oxygen atoms in total. The molecule has 26 heavy (non-hydrogen) atoms. The van der Waals surface area contributed by atoms with Crippen LogP contribution in [0.25, 0.3) is 0 Å². The molecule has 0 amide bonds. The largest absolute Gasteiger partial charge is 0.498 e. The number of benzene rings is 1. The number of methoxy groups -OCH3 is 1. The molecule has 2 aromatic rings. The lowest BCUT2D eigenvalue weighted by Gasteiger charge is -2.32. The van der Waals surface area contributed by atoms with Crippen molar-refractivity contribution in [1.82, 2.24) is 9.78 Å². The van der Waals surface area contributed by atoms with Gasteiger partial charge < -0.3 is 14.0 Å². The lowest BCUT2D eigenvalue weighted by Crippen LogP contribution is -2.41. The van der Waals surface area contributed by atoms with Crippen molar-refractivity contribution in [2.24, 2.45) is 0 Å². The molecule has 1 saturated heterocycles. The minimum Gasteiger partial charge on any atom is -0.494 e. The summed E-state index contributed by atoms with van der Waals surface area (Å²) in [6.45, 7) is 12.5. The van der Waals surface area contributed by atoms with Gasteiger partial charge in [-0.05, 0) is 59.2 Å². The Morgan fingerprint density at radius 2 is 1.77 bits per heavy atom. The number of ether oxygens (including phenoxy) is 1. The average molecular weight is 360 g/mol. The maximum Gasteiger partial charge on any atom is 0.498 e. The molecular formula is C19H26BFN2O3. The summed E-state index contributed by atoms with van der Waals surface area (Å²) in [5, 5.41) is 4.62. The van der Waals surface area contributed by atoms with Crippen LogP contribution in [-0.2, 0) is 15.9 Å². The van der Waals surface area contributed by atoms with Crippen LogP contribution in [0.15, 0.2) is 18.2 Å². The highest BCUT2D eigenvalue weighted by Gasteiger charge is 2.53. The van der Waals surface area contributed by atoms with Gasteiger partial charge >= 0.3 is 7.12 Å². The summed E-state index contributed by atoms with van der Waals surface area (Å²) >= 11 is 0. The van der Waals surface area contributed by atoms with E-state index >= 15 is 0 Å². The zero-order valence-electron chi connectivity index (χ0n) is 16.5. The number of halogens is 1. The van der Waals surface area contributed by atoms with Crippen LogP contribution in [0.5, 0.6) is 5.75 Å². The molecule has 140 valence electrons. The Hall–Kier alpha value is -1.86. The van der Waals surface area contributed by atoms with E-state index in [2.05, 4.69) is 5.10 Å². The van der Waals surface area contributed by atoms with E-state index < -0.39 is 18.3 Å². The SMILES string of the molecule is COc1ccc(Cn2nc(C)c(B3OC(C)(C)C(C)(C)O3)c2C)cc1F. The summed E-state index contributed by atoms with van der Waals surface area (Å²) in [5.41, 5.74) is 2.76. The molecule has 3 rings (SSSR count). The van der Waals surface area contributed by atoms with E-state index in [0.717, 1.165) is 22.4 Å². The van der Waals surface area contributed by atoms with Gasteiger partial charge in [0, 0.05) is 11.2 Å². The molecule has 0 unspecified atom stereocenters. The van der Waals surface area contributed by atoms with E-state index in [1.165, 1.54) is 13.2 Å². The lowest BCUT2D eigenvalue weighted by molar-refractivity contribution is 0.00578. The van der Waals surface area contributed by atoms with Gasteiger partial charge in [0.25, 0.3) is 0 Å². The van der Waals surface area contributed by atoms with Crippen LogP contribution in [0.4, 0.5) is 4.39 Å². The van der Waals surface area contributed by atoms with Gasteiger partial charge in [-0.3, -0.25) is 4.68 Å². The summed E-state index contributed by atoms with van der Waals surface area (Å²) in [6, 6.07) is 4.95. The van der Waals surface area contributed by atoms with E-state index in [1.54, 1.807) is 6.07 Å². The fraction of sp³-hybridized carbons (Fsp3) is 0.526. The Kier molecular flexibility index (Phi) is 4.65. The van der Waals surface area contributed by atoms with Gasteiger partial charge in [0.15, 0.2) is 11.6 Å². The molecule has 7 heteroatoms. The van der Waals surface area contributed by atoms with Crippen molar-refractivity contribution < 1.29 is 18.4 Å². The minimum absolute atomic E-state index is 0.236. The van der Waals surface area contributed by atoms with E-state index in [0.29, 0.717) is 6.54 Å². The topological polar surface area (TPSA) is 45.5 Å². The highest BCUT2D eigenvalue weighted by molar-refractivity contribution is 6.63. The van der Waals surface area contributed by atoms with Gasteiger partial charge in [-0.2, -0.15) is 5.10 Å². The van der Waals surface area contributed by atoms with Crippen molar-refractivity contribution in [1.29, 1.82) is 0 Å². The second-order valence-corrected chi connectivity index (χ2v) is 7.80. The molecule has 2 heterocycles. The number of nitrogens with zero attached hydrogens (tertiary/aromatic N) is 2. The van der Waals surface area contributed by atoms with Gasteiger partial charge in [-0.15, -0.1) is 0 Å². The van der Waals surface area contributed by atoms with Crippen LogP contribution in [0, 0.1) is 19.7 Å². The molecule has 0 saturated carbocycles. The van der Waals surface area contributed by atoms with Crippen molar-refractivity contribution in [3.8, 4) is 5.75 Å². The Morgan fingerprint density at radius 3 is 2.31 bits per heavy atom. The van der Waals surface area contributed by atoms with Gasteiger partial charge in [-0.1, -0.05) is 6.07 Å². The highest BCUT2D eigenvalue weighted by atomic mass is 19.1. The molecule has 0 bridgehead atoms. The number of hydrogen-bond donors (Lipinski definition) is 0. The monoisotopic (exact) mass is 360 g/mol. The molecule has 1 aliphatic rings. The maximum atomic E-state index is 14.0. The molecule has 1 aliphatic heterocycles. The molecule has 1 fully saturated rings. The fourth-order valence-electron chi connectivity index (χ4n) is 3.15. The number of aromatic nitrogens is 2. The molecular weight excluding hydrogens is 334 g/mol. The van der Waals surface area contributed by atoms with Crippen molar-refractivity contribution >= 4 is 12.6 Å². The maximum absolute atomic E-state index is 14.0. The highest BCUT2D eigenvalue weighted by Crippen LogP contribution is 2.37. The standard InChI is InChI=1S/C19H26BFN2O3/c1-12-17(20-25-18(3,4)19(5,6)26-20)13(2)23(22-12)11-14-8-9-16(24-7)15(21)10-14/h8-10H,11H2,1-7H3. The van der Waals surface area contributed by atoms with E-state index in [-0.39, 0.29) is 11.6 Å². The Bertz CT molecular complexity index is 816. The van der Waals surface area contributed by atoms with Crippen molar-refractivity contribution in [2.75, 3.05) is 7.11 Å². The second kappa shape index (κ2) is 6.39. The van der Waals surface area contributed by atoms with Crippen LogP contribution < -0.4 is 10.2 Å². The number of aryl methyl sites for hydroxylation is 1. The molecule has 0 radical (unpaired) electrons. The van der Waals surface area contributed by atoms with E-state index in [4.69, 9.17) is 14.0 Å². The van der Waals surface area contributed by atoms with Crippen LogP contribution in [0.2, 0.25) is 0 Å². The Labute approximate surface area is 154 Å². The quantitative estimate of drug-likeness (QED) is 0.787. The zero-order valence-corrected chi connectivity index (χ0v) is 16.5. The van der Waals surface area contributed by atoms with Crippen LogP contribution in [-0.4, -0.2) is 35.2 Å². The van der Waals surface area contributed by atoms with E-state index in [1.807, 2.05) is 52.3 Å². The second-order valence-electron chi connectivity index (χ2n) is 7.80. The third kappa shape index (κ3) is 3.14. The normalized spacial score (nSPS) is 18.4. The van der Waals surface area contributed by atoms with Gasteiger partial charge in [0.2, 0.25) is 0 Å². The zero-order chi connectivity index (χ0) is 19.3. The molecule has 1 aromatic carbocycles. The first-order valence-corrected chi connectivity index (χ1v) is 8.77. The van der Waals surface area contributed by atoms with Crippen molar-refractivity contribution in [2.45, 2.75) is 59.3 Å². The fourth-order valence-corrected chi connectivity index (χ4v) is 3.15. The van der Waals surface area contributed by atoms with Crippen molar-refractivity contribution in [3.63, 3.8) is 0 Å². The van der Waals surface area contributed by atoms with Crippen LogP contribution in [0.1, 0.15) is 44.6 Å². The Balaban J connectivity index is 1.89. The van der Waals surface area contributed by atoms with Crippen LogP contribution >= 0.6 is 0 Å². The van der Waals surface area contributed by atoms with E-state index in [9.17, 15) is 4.39 Å². The van der Waals surface area contributed by atoms with Crippen LogP contribution in [0.3, 0.4) is 0 Å². The molecule has 0 atom stereocenters. The molecule has 0 aliphatic carbocycles. The van der Waals surface area contributed by atoms with Gasteiger partial charge in [-0.25, -0.2) is 4.39 Å². The predicted octanol–water partition coefficient (Wildman–Crippen LogP) is 3.00. The van der Waals surface area contributed by atoms with Crippen molar-refractivity contribution in [3.05, 3.63) is 41.0 Å². The summed E-state index contributed by atoms with van der Waals surface area (Å²) < 4.78 is 33.1. The first-order chi connectivity index (χ1) is 12.1. The Morgan fingerprint density at radius 1 is 1.15 bits per heavy atom. The smallest absolute Gasteiger partial charge is 0.494 e. The third-order valence-corrected chi connectivity index (χ3v) is 5.47. The predicted molar refractivity (Wildman–Crippen MR) is 99.5 cm³/mol. The molecule has 0 N–H and O–H groups in total.